The van der Waals surface area contributed by atoms with Crippen molar-refractivity contribution in [1.29, 1.82) is 0 Å². The Morgan fingerprint density at radius 1 is 1.40 bits per heavy atom. The molecular formula is C8H18ClN. The van der Waals surface area contributed by atoms with Crippen molar-refractivity contribution in [2.24, 2.45) is 5.92 Å². The van der Waals surface area contributed by atoms with E-state index in [4.69, 9.17) is 0 Å². The highest BCUT2D eigenvalue weighted by Gasteiger charge is 2.14. The van der Waals surface area contributed by atoms with Crippen LogP contribution in [-0.2, 0) is 0 Å². The lowest BCUT2D eigenvalue weighted by Gasteiger charge is -2.26. The van der Waals surface area contributed by atoms with Gasteiger partial charge in [0.15, 0.2) is 0 Å². The van der Waals surface area contributed by atoms with Crippen molar-refractivity contribution in [1.82, 2.24) is 5.32 Å². The van der Waals surface area contributed by atoms with Gasteiger partial charge in [-0.15, -0.1) is 12.4 Å². The fraction of sp³-hybridized carbons (Fsp3) is 1.00. The number of rotatable bonds is 1. The molecule has 2 atom stereocenters. The summed E-state index contributed by atoms with van der Waals surface area (Å²) >= 11 is 0. The predicted octanol–water partition coefficient (Wildman–Crippen LogP) is 2.21. The second kappa shape index (κ2) is 4.97. The summed E-state index contributed by atoms with van der Waals surface area (Å²) < 4.78 is 0. The fourth-order valence-corrected chi connectivity index (χ4v) is 1.41. The molecule has 0 bridgehead atoms. The molecule has 1 saturated heterocycles. The smallest absolute Gasteiger partial charge is 0.00389 e. The van der Waals surface area contributed by atoms with Crippen LogP contribution in [0.1, 0.15) is 33.1 Å². The van der Waals surface area contributed by atoms with Gasteiger partial charge >= 0.3 is 0 Å². The van der Waals surface area contributed by atoms with E-state index < -0.39 is 0 Å². The molecule has 0 aromatic carbocycles. The van der Waals surface area contributed by atoms with E-state index in [1.165, 1.54) is 25.8 Å². The van der Waals surface area contributed by atoms with E-state index in [0.29, 0.717) is 0 Å². The van der Waals surface area contributed by atoms with Crippen LogP contribution in [0.4, 0.5) is 0 Å². The zero-order valence-electron chi connectivity index (χ0n) is 6.89. The average Bonchev–Trinajstić information content (AvgIpc) is 1.90. The number of nitrogens with one attached hydrogen (secondary N) is 1. The number of halogens is 1. The SMILES string of the molecule is CC[C@H]1CCC(C)NC1.Cl. The summed E-state index contributed by atoms with van der Waals surface area (Å²) in [6, 6.07) is 0.771. The minimum Gasteiger partial charge on any atom is -0.314 e. The maximum absolute atomic E-state index is 3.48. The first kappa shape index (κ1) is 10.2. The quantitative estimate of drug-likeness (QED) is 0.625. The van der Waals surface area contributed by atoms with Crippen molar-refractivity contribution < 1.29 is 0 Å². The number of hydrogen-bond acceptors (Lipinski definition) is 1. The van der Waals surface area contributed by atoms with Crippen LogP contribution in [0, 0.1) is 5.92 Å². The Kier molecular flexibility index (Phi) is 5.10. The molecule has 1 unspecified atom stereocenters. The van der Waals surface area contributed by atoms with Gasteiger partial charge in [0.2, 0.25) is 0 Å². The normalized spacial score (nSPS) is 33.0. The summed E-state index contributed by atoms with van der Waals surface area (Å²) in [5, 5.41) is 3.48. The van der Waals surface area contributed by atoms with Crippen LogP contribution in [0.3, 0.4) is 0 Å². The van der Waals surface area contributed by atoms with Crippen molar-refractivity contribution in [3.8, 4) is 0 Å². The molecule has 0 amide bonds. The second-order valence-electron chi connectivity index (χ2n) is 3.16. The lowest BCUT2D eigenvalue weighted by Crippen LogP contribution is -2.36. The molecule has 0 aliphatic carbocycles. The molecule has 1 aliphatic rings. The van der Waals surface area contributed by atoms with Gasteiger partial charge in [-0.2, -0.15) is 0 Å². The van der Waals surface area contributed by atoms with Gasteiger partial charge in [-0.1, -0.05) is 13.3 Å². The highest BCUT2D eigenvalue weighted by Crippen LogP contribution is 2.16. The molecule has 0 radical (unpaired) electrons. The molecule has 0 aromatic rings. The maximum atomic E-state index is 3.48. The first-order chi connectivity index (χ1) is 4.33. The molecule has 1 rings (SSSR count). The van der Waals surface area contributed by atoms with E-state index in [-0.39, 0.29) is 12.4 Å². The van der Waals surface area contributed by atoms with Gasteiger partial charge in [-0.05, 0) is 32.2 Å². The van der Waals surface area contributed by atoms with Crippen LogP contribution in [0.25, 0.3) is 0 Å². The molecule has 1 aliphatic heterocycles. The monoisotopic (exact) mass is 163 g/mol. The van der Waals surface area contributed by atoms with E-state index in [0.717, 1.165) is 12.0 Å². The summed E-state index contributed by atoms with van der Waals surface area (Å²) in [5.41, 5.74) is 0. The third kappa shape index (κ3) is 2.89. The lowest BCUT2D eigenvalue weighted by atomic mass is 9.94. The molecule has 1 fully saturated rings. The first-order valence-electron chi connectivity index (χ1n) is 4.06. The molecule has 1 heterocycles. The van der Waals surface area contributed by atoms with Crippen LogP contribution in [0.2, 0.25) is 0 Å². The van der Waals surface area contributed by atoms with Crippen molar-refractivity contribution in [3.63, 3.8) is 0 Å². The molecule has 1 N–H and O–H groups in total. The maximum Gasteiger partial charge on any atom is 0.00389 e. The topological polar surface area (TPSA) is 12.0 Å². The second-order valence-corrected chi connectivity index (χ2v) is 3.16. The molecule has 62 valence electrons. The summed E-state index contributed by atoms with van der Waals surface area (Å²) in [6.45, 7) is 5.80. The van der Waals surface area contributed by atoms with Crippen molar-refractivity contribution in [3.05, 3.63) is 0 Å². The highest BCUT2D eigenvalue weighted by atomic mass is 35.5. The van der Waals surface area contributed by atoms with E-state index in [9.17, 15) is 0 Å². The van der Waals surface area contributed by atoms with Gasteiger partial charge in [0.1, 0.15) is 0 Å². The Bertz CT molecular complexity index is 77.3. The lowest BCUT2D eigenvalue weighted by molar-refractivity contribution is 0.317. The van der Waals surface area contributed by atoms with Gasteiger partial charge < -0.3 is 5.32 Å². The Morgan fingerprint density at radius 3 is 2.50 bits per heavy atom. The minimum absolute atomic E-state index is 0. The van der Waals surface area contributed by atoms with Gasteiger partial charge in [-0.25, -0.2) is 0 Å². The summed E-state index contributed by atoms with van der Waals surface area (Å²) in [6.07, 6.45) is 4.16. The summed E-state index contributed by atoms with van der Waals surface area (Å²) in [5.74, 6) is 0.959. The first-order valence-corrected chi connectivity index (χ1v) is 4.06. The van der Waals surface area contributed by atoms with E-state index in [1.54, 1.807) is 0 Å². The van der Waals surface area contributed by atoms with Crippen LogP contribution in [0.5, 0.6) is 0 Å². The largest absolute Gasteiger partial charge is 0.314 e. The van der Waals surface area contributed by atoms with E-state index in [2.05, 4.69) is 19.2 Å². The van der Waals surface area contributed by atoms with Gasteiger partial charge in [0.05, 0.1) is 0 Å². The molecule has 0 spiro atoms. The third-order valence-electron chi connectivity index (χ3n) is 2.34. The molecule has 0 aromatic heterocycles. The van der Waals surface area contributed by atoms with Crippen LogP contribution < -0.4 is 5.32 Å². The molecular weight excluding hydrogens is 146 g/mol. The predicted molar refractivity (Wildman–Crippen MR) is 47.7 cm³/mol. The number of hydrogen-bond donors (Lipinski definition) is 1. The average molecular weight is 164 g/mol. The fourth-order valence-electron chi connectivity index (χ4n) is 1.41. The standard InChI is InChI=1S/C8H17N.ClH/c1-3-8-5-4-7(2)9-6-8;/h7-9H,3-6H2,1-2H3;1H/t7?,8-;/m0./s1. The molecule has 0 saturated carbocycles. The van der Waals surface area contributed by atoms with Gasteiger partial charge in [0, 0.05) is 6.04 Å². The van der Waals surface area contributed by atoms with Crippen LogP contribution >= 0.6 is 12.4 Å². The highest BCUT2D eigenvalue weighted by molar-refractivity contribution is 5.85. The molecule has 2 heteroatoms. The van der Waals surface area contributed by atoms with Crippen molar-refractivity contribution >= 4 is 12.4 Å². The zero-order valence-corrected chi connectivity index (χ0v) is 7.71. The summed E-state index contributed by atoms with van der Waals surface area (Å²) in [7, 11) is 0. The molecule has 1 nitrogen and oxygen atoms in total. The van der Waals surface area contributed by atoms with Gasteiger partial charge in [-0.3, -0.25) is 0 Å². The molecule has 10 heavy (non-hydrogen) atoms. The Balaban J connectivity index is 0.000000810. The van der Waals surface area contributed by atoms with Crippen molar-refractivity contribution in [2.75, 3.05) is 6.54 Å². The van der Waals surface area contributed by atoms with Gasteiger partial charge in [0.25, 0.3) is 0 Å². The van der Waals surface area contributed by atoms with Crippen LogP contribution in [-0.4, -0.2) is 12.6 Å². The minimum atomic E-state index is 0. The van der Waals surface area contributed by atoms with Crippen LogP contribution in [0.15, 0.2) is 0 Å². The van der Waals surface area contributed by atoms with E-state index >= 15 is 0 Å². The van der Waals surface area contributed by atoms with Crippen molar-refractivity contribution in [2.45, 2.75) is 39.2 Å². The summed E-state index contributed by atoms with van der Waals surface area (Å²) in [4.78, 5) is 0. The number of piperidine rings is 1. The zero-order chi connectivity index (χ0) is 6.69. The van der Waals surface area contributed by atoms with E-state index in [1.807, 2.05) is 0 Å². The Morgan fingerprint density at radius 2 is 2.10 bits per heavy atom. The Hall–Kier alpha value is 0.250. The third-order valence-corrected chi connectivity index (χ3v) is 2.34. The Labute approximate surface area is 70.0 Å².